The van der Waals surface area contributed by atoms with Crippen molar-refractivity contribution >= 4 is 11.9 Å². The Morgan fingerprint density at radius 1 is 0.978 bits per heavy atom. The van der Waals surface area contributed by atoms with Crippen LogP contribution in [0, 0.1) is 5.92 Å². The van der Waals surface area contributed by atoms with Crippen molar-refractivity contribution in [3.63, 3.8) is 0 Å². The molecule has 0 radical (unpaired) electrons. The number of nitrogens with zero attached hydrogens (tertiary/aromatic N) is 1. The Balaban J connectivity index is 1.40. The Kier molecular flexibility index (Phi) is 10.4. The Morgan fingerprint density at radius 2 is 1.67 bits per heavy atom. The molecule has 2 N–H and O–H groups in total. The summed E-state index contributed by atoms with van der Waals surface area (Å²) in [6, 6.07) is 23.8. The van der Waals surface area contributed by atoms with Gasteiger partial charge in [-0.2, -0.15) is 0 Å². The minimum absolute atomic E-state index is 0.000962. The van der Waals surface area contributed by atoms with Gasteiger partial charge in [-0.15, -0.1) is 0 Å². The van der Waals surface area contributed by atoms with Crippen LogP contribution >= 0.6 is 0 Å². The molecule has 1 amide bonds. The van der Waals surface area contributed by atoms with Crippen LogP contribution in [0.25, 0.3) is 11.1 Å². The maximum atomic E-state index is 13.1. The summed E-state index contributed by atoms with van der Waals surface area (Å²) in [5, 5.41) is 12.5. The molecular weight excluding hydrogens is 568 g/mol. The summed E-state index contributed by atoms with van der Waals surface area (Å²) in [5.41, 5.74) is 5.35. The number of benzene rings is 3. The van der Waals surface area contributed by atoms with Crippen molar-refractivity contribution in [2.45, 2.75) is 90.8 Å². The van der Waals surface area contributed by atoms with Gasteiger partial charge in [0.1, 0.15) is 11.6 Å². The minimum atomic E-state index is -0.611. The predicted molar refractivity (Wildman–Crippen MR) is 173 cm³/mol. The fourth-order valence-corrected chi connectivity index (χ4v) is 6.24. The average Bonchev–Trinajstić information content (AvgIpc) is 3.49. The standard InChI is InChI=1S/C37H46N2O6/c1-24-33(22-39-20-8-11-32(39)35(42)45-37(3,4)5)43-36(44-34(24)28-14-12-26(23-40)13-15-28)29-18-16-27(17-19-29)31-10-7-6-9-30(31)21-38-25(2)41/h6-7,9-10,12-19,24,32-34,36,40H,8,11,20-23H2,1-5H3,(H,38,41)/t24-,32+,33+,34+,36+/m1/s1. The van der Waals surface area contributed by atoms with E-state index >= 15 is 0 Å². The molecule has 3 aromatic rings. The van der Waals surface area contributed by atoms with Crippen molar-refractivity contribution in [2.75, 3.05) is 13.1 Å². The quantitative estimate of drug-likeness (QED) is 0.282. The average molecular weight is 615 g/mol. The van der Waals surface area contributed by atoms with Gasteiger partial charge in [-0.25, -0.2) is 0 Å². The first-order valence-electron chi connectivity index (χ1n) is 15.9. The largest absolute Gasteiger partial charge is 0.459 e. The van der Waals surface area contributed by atoms with E-state index in [0.29, 0.717) is 13.1 Å². The fraction of sp³-hybridized carbons (Fsp3) is 0.459. The molecule has 0 bridgehead atoms. The van der Waals surface area contributed by atoms with E-state index in [1.54, 1.807) is 0 Å². The lowest BCUT2D eigenvalue weighted by Gasteiger charge is -2.43. The summed E-state index contributed by atoms with van der Waals surface area (Å²) >= 11 is 0. The Labute approximate surface area is 266 Å². The number of aliphatic hydroxyl groups excluding tert-OH is 1. The molecule has 3 aromatic carbocycles. The first kappa shape index (κ1) is 32.8. The van der Waals surface area contributed by atoms with E-state index in [9.17, 15) is 14.7 Å². The van der Waals surface area contributed by atoms with Crippen LogP contribution in [0.4, 0.5) is 0 Å². The van der Waals surface area contributed by atoms with Crippen LogP contribution in [-0.4, -0.2) is 52.7 Å². The number of nitrogens with one attached hydrogen (secondary N) is 1. The van der Waals surface area contributed by atoms with Gasteiger partial charge in [0.05, 0.1) is 18.8 Å². The molecule has 8 heteroatoms. The van der Waals surface area contributed by atoms with Crippen molar-refractivity contribution in [1.29, 1.82) is 0 Å². The second-order valence-corrected chi connectivity index (χ2v) is 13.2. The van der Waals surface area contributed by atoms with Crippen LogP contribution in [0.3, 0.4) is 0 Å². The van der Waals surface area contributed by atoms with Crippen LogP contribution in [0.5, 0.6) is 0 Å². The van der Waals surface area contributed by atoms with Gasteiger partial charge < -0.3 is 24.6 Å². The van der Waals surface area contributed by atoms with Gasteiger partial charge in [0.2, 0.25) is 5.91 Å². The number of carbonyl (C=O) groups is 2. The molecule has 2 saturated heterocycles. The van der Waals surface area contributed by atoms with E-state index in [4.69, 9.17) is 14.2 Å². The van der Waals surface area contributed by atoms with E-state index < -0.39 is 11.9 Å². The maximum Gasteiger partial charge on any atom is 0.323 e. The van der Waals surface area contributed by atoms with Gasteiger partial charge >= 0.3 is 5.97 Å². The Morgan fingerprint density at radius 3 is 2.33 bits per heavy atom. The first-order chi connectivity index (χ1) is 21.5. The maximum absolute atomic E-state index is 13.1. The summed E-state index contributed by atoms with van der Waals surface area (Å²) in [7, 11) is 0. The number of ether oxygens (including phenoxy) is 3. The monoisotopic (exact) mass is 614 g/mol. The second-order valence-electron chi connectivity index (χ2n) is 13.2. The van der Waals surface area contributed by atoms with Gasteiger partial charge in [0.25, 0.3) is 0 Å². The molecule has 5 atom stereocenters. The lowest BCUT2D eigenvalue weighted by Crippen LogP contribution is -2.48. The lowest BCUT2D eigenvalue weighted by atomic mass is 9.89. The molecule has 0 unspecified atom stereocenters. The van der Waals surface area contributed by atoms with E-state index in [2.05, 4.69) is 35.3 Å². The SMILES string of the molecule is CC(=O)NCc1ccccc1-c1ccc([C@H]2O[C@@H](CN3CCC[C@H]3C(=O)OC(C)(C)C)[C@@H](C)[C@@H](c3ccc(CO)cc3)O2)cc1. The zero-order chi connectivity index (χ0) is 32.1. The molecule has 45 heavy (non-hydrogen) atoms. The highest BCUT2D eigenvalue weighted by molar-refractivity contribution is 5.76. The van der Waals surface area contributed by atoms with Gasteiger partial charge in [-0.05, 0) is 68.0 Å². The van der Waals surface area contributed by atoms with E-state index in [1.807, 2.05) is 75.4 Å². The number of hydrogen-bond donors (Lipinski definition) is 2. The molecule has 5 rings (SSSR count). The third-order valence-electron chi connectivity index (χ3n) is 8.62. The van der Waals surface area contributed by atoms with Crippen molar-refractivity contribution in [1.82, 2.24) is 10.2 Å². The van der Waals surface area contributed by atoms with Crippen molar-refractivity contribution < 1.29 is 28.9 Å². The number of carbonyl (C=O) groups excluding carboxylic acids is 2. The van der Waals surface area contributed by atoms with E-state index in [0.717, 1.165) is 52.8 Å². The van der Waals surface area contributed by atoms with Gasteiger partial charge in [0.15, 0.2) is 6.29 Å². The van der Waals surface area contributed by atoms with Crippen molar-refractivity contribution in [2.24, 2.45) is 5.92 Å². The zero-order valence-corrected chi connectivity index (χ0v) is 27.0. The summed E-state index contributed by atoms with van der Waals surface area (Å²) in [5.74, 6) is -0.245. The molecule has 2 aliphatic heterocycles. The molecule has 0 aromatic heterocycles. The number of esters is 1. The number of amides is 1. The van der Waals surface area contributed by atoms with Crippen LogP contribution in [0.2, 0.25) is 0 Å². The molecule has 0 spiro atoms. The van der Waals surface area contributed by atoms with Crippen LogP contribution in [0.1, 0.15) is 82.1 Å². The van der Waals surface area contributed by atoms with Crippen LogP contribution < -0.4 is 5.32 Å². The van der Waals surface area contributed by atoms with Crippen LogP contribution in [-0.2, 0) is 37.0 Å². The van der Waals surface area contributed by atoms with E-state index in [1.165, 1.54) is 6.92 Å². The summed E-state index contributed by atoms with van der Waals surface area (Å²) in [4.78, 5) is 26.8. The first-order valence-corrected chi connectivity index (χ1v) is 15.9. The normalized spacial score (nSPS) is 23.9. The molecule has 2 fully saturated rings. The number of aliphatic hydroxyl groups is 1. The summed E-state index contributed by atoms with van der Waals surface area (Å²) in [6.45, 7) is 11.2. The third-order valence-corrected chi connectivity index (χ3v) is 8.62. The molecular formula is C37H46N2O6. The molecule has 0 saturated carbocycles. The highest BCUT2D eigenvalue weighted by Crippen LogP contribution is 2.42. The van der Waals surface area contributed by atoms with Crippen molar-refractivity contribution in [3.8, 4) is 11.1 Å². The number of hydrogen-bond acceptors (Lipinski definition) is 7. The number of likely N-dealkylation sites (tertiary alicyclic amines) is 1. The molecule has 0 aliphatic carbocycles. The van der Waals surface area contributed by atoms with Crippen LogP contribution in [0.15, 0.2) is 72.8 Å². The fourth-order valence-electron chi connectivity index (χ4n) is 6.24. The lowest BCUT2D eigenvalue weighted by molar-refractivity contribution is -0.276. The minimum Gasteiger partial charge on any atom is -0.459 e. The second kappa shape index (κ2) is 14.3. The summed E-state index contributed by atoms with van der Waals surface area (Å²) in [6.07, 6.45) is 0.642. The zero-order valence-electron chi connectivity index (χ0n) is 27.0. The number of rotatable bonds is 9. The van der Waals surface area contributed by atoms with Crippen molar-refractivity contribution in [3.05, 3.63) is 95.1 Å². The Hall–Kier alpha value is -3.56. The molecule has 8 nitrogen and oxygen atoms in total. The smallest absolute Gasteiger partial charge is 0.323 e. The molecule has 2 aliphatic rings. The van der Waals surface area contributed by atoms with E-state index in [-0.39, 0.29) is 42.7 Å². The molecule has 2 heterocycles. The highest BCUT2D eigenvalue weighted by Gasteiger charge is 2.42. The van der Waals surface area contributed by atoms with Gasteiger partial charge in [0, 0.05) is 31.5 Å². The van der Waals surface area contributed by atoms with Gasteiger partial charge in [-0.1, -0.05) is 79.7 Å². The molecule has 240 valence electrons. The third kappa shape index (κ3) is 8.19. The highest BCUT2D eigenvalue weighted by atomic mass is 16.7. The Bertz CT molecular complexity index is 1450. The summed E-state index contributed by atoms with van der Waals surface area (Å²) < 4.78 is 19.1. The van der Waals surface area contributed by atoms with Gasteiger partial charge in [-0.3, -0.25) is 14.5 Å². The predicted octanol–water partition coefficient (Wildman–Crippen LogP) is 6.08. The topological polar surface area (TPSA) is 97.3 Å².